The molecule has 2 aromatic heterocycles. The molecule has 0 aliphatic heterocycles. The van der Waals surface area contributed by atoms with Gasteiger partial charge < -0.3 is 4.74 Å². The number of aromatic nitrogens is 2. The maximum atomic E-state index is 5.45. The second kappa shape index (κ2) is 6.26. The molecular weight excluding hydrogens is 203 g/mol. The van der Waals surface area contributed by atoms with Gasteiger partial charge in [0, 0.05) is 63.8 Å². The van der Waals surface area contributed by atoms with Crippen LogP contribution in [0.5, 0.6) is 11.5 Å². The quantitative estimate of drug-likeness (QED) is 0.711. The van der Waals surface area contributed by atoms with Crippen LogP contribution in [0, 0.1) is 0 Å². The van der Waals surface area contributed by atoms with Crippen LogP contribution in [0.3, 0.4) is 0 Å². The Kier molecular flexibility index (Phi) is 5.28. The third-order valence-corrected chi connectivity index (χ3v) is 1.50. The van der Waals surface area contributed by atoms with E-state index in [0.29, 0.717) is 0 Å². The van der Waals surface area contributed by atoms with Gasteiger partial charge in [0.1, 0.15) is 11.5 Å². The SMILES string of the molecule is [K].c1cncc(Oc2cccnc2)c1. The van der Waals surface area contributed by atoms with Gasteiger partial charge in [-0.05, 0) is 24.3 Å². The summed E-state index contributed by atoms with van der Waals surface area (Å²) in [7, 11) is 0. The first-order chi connectivity index (χ1) is 6.45. The van der Waals surface area contributed by atoms with Gasteiger partial charge in [-0.2, -0.15) is 0 Å². The summed E-state index contributed by atoms with van der Waals surface area (Å²) in [5.41, 5.74) is 0. The third kappa shape index (κ3) is 3.47. The molecule has 2 rings (SSSR count). The molecule has 0 N–H and O–H groups in total. The van der Waals surface area contributed by atoms with Gasteiger partial charge in [-0.1, -0.05) is 0 Å². The minimum atomic E-state index is 0. The Morgan fingerprint density at radius 2 is 1.36 bits per heavy atom. The van der Waals surface area contributed by atoms with Gasteiger partial charge >= 0.3 is 0 Å². The van der Waals surface area contributed by atoms with E-state index in [1.807, 2.05) is 24.3 Å². The topological polar surface area (TPSA) is 35.0 Å². The minimum Gasteiger partial charge on any atom is -0.454 e. The van der Waals surface area contributed by atoms with Crippen molar-refractivity contribution < 1.29 is 4.74 Å². The maximum absolute atomic E-state index is 5.45. The van der Waals surface area contributed by atoms with Crippen molar-refractivity contribution in [3.8, 4) is 11.5 Å². The predicted molar refractivity (Wildman–Crippen MR) is 54.3 cm³/mol. The summed E-state index contributed by atoms with van der Waals surface area (Å²) in [6.45, 7) is 0. The molecule has 1 radical (unpaired) electrons. The van der Waals surface area contributed by atoms with Crippen LogP contribution in [0.4, 0.5) is 0 Å². The van der Waals surface area contributed by atoms with Crippen molar-refractivity contribution >= 4 is 51.4 Å². The number of hydrogen-bond acceptors (Lipinski definition) is 3. The molecule has 65 valence electrons. The summed E-state index contributed by atoms with van der Waals surface area (Å²) in [5.74, 6) is 1.44. The van der Waals surface area contributed by atoms with Crippen LogP contribution in [0.15, 0.2) is 49.1 Å². The molecule has 0 aromatic carbocycles. The van der Waals surface area contributed by atoms with E-state index in [1.54, 1.807) is 24.8 Å². The van der Waals surface area contributed by atoms with Crippen molar-refractivity contribution in [2.24, 2.45) is 0 Å². The van der Waals surface area contributed by atoms with E-state index in [-0.39, 0.29) is 51.4 Å². The van der Waals surface area contributed by atoms with E-state index in [9.17, 15) is 0 Å². The Bertz CT molecular complexity index is 329. The summed E-state index contributed by atoms with van der Waals surface area (Å²) in [6.07, 6.45) is 6.73. The van der Waals surface area contributed by atoms with Crippen molar-refractivity contribution in [1.29, 1.82) is 0 Å². The summed E-state index contributed by atoms with van der Waals surface area (Å²) in [5, 5.41) is 0. The fraction of sp³-hybridized carbons (Fsp3) is 0. The number of hydrogen-bond donors (Lipinski definition) is 0. The summed E-state index contributed by atoms with van der Waals surface area (Å²) in [6, 6.07) is 7.34. The van der Waals surface area contributed by atoms with Crippen molar-refractivity contribution in [3.63, 3.8) is 0 Å². The maximum Gasteiger partial charge on any atom is 0.145 e. The molecule has 0 unspecified atom stereocenters. The molecule has 4 heteroatoms. The molecular formula is C10H8KN2O. The van der Waals surface area contributed by atoms with Crippen LogP contribution in [-0.2, 0) is 0 Å². The fourth-order valence-electron chi connectivity index (χ4n) is 0.951. The van der Waals surface area contributed by atoms with Crippen LogP contribution in [0.25, 0.3) is 0 Å². The van der Waals surface area contributed by atoms with Gasteiger partial charge in [0.05, 0.1) is 12.4 Å². The Morgan fingerprint density at radius 3 is 1.71 bits per heavy atom. The number of rotatable bonds is 2. The molecule has 0 spiro atoms. The van der Waals surface area contributed by atoms with Crippen molar-refractivity contribution in [2.45, 2.75) is 0 Å². The zero-order valence-electron chi connectivity index (χ0n) is 7.92. The molecule has 0 aliphatic rings. The van der Waals surface area contributed by atoms with Gasteiger partial charge in [-0.25, -0.2) is 0 Å². The van der Waals surface area contributed by atoms with E-state index in [0.717, 1.165) is 11.5 Å². The van der Waals surface area contributed by atoms with Gasteiger partial charge in [0.2, 0.25) is 0 Å². The van der Waals surface area contributed by atoms with Gasteiger partial charge in [-0.15, -0.1) is 0 Å². The molecule has 2 heterocycles. The number of pyridine rings is 2. The summed E-state index contributed by atoms with van der Waals surface area (Å²) in [4.78, 5) is 7.87. The first-order valence-electron chi connectivity index (χ1n) is 3.93. The average Bonchev–Trinajstić information content (AvgIpc) is 2.21. The molecule has 0 aliphatic carbocycles. The molecule has 0 saturated heterocycles. The standard InChI is InChI=1S/C10H8N2O.K/c1-3-9(7-11-5-1)13-10-4-2-6-12-8-10;/h1-8H;. The molecule has 0 atom stereocenters. The Morgan fingerprint density at radius 1 is 0.857 bits per heavy atom. The molecule has 0 amide bonds. The summed E-state index contributed by atoms with van der Waals surface area (Å²) < 4.78 is 5.45. The third-order valence-electron chi connectivity index (χ3n) is 1.50. The van der Waals surface area contributed by atoms with Crippen molar-refractivity contribution in [3.05, 3.63) is 49.1 Å². The van der Waals surface area contributed by atoms with Gasteiger partial charge in [0.25, 0.3) is 0 Å². The smallest absolute Gasteiger partial charge is 0.145 e. The first kappa shape index (κ1) is 11.8. The van der Waals surface area contributed by atoms with E-state index in [2.05, 4.69) is 9.97 Å². The van der Waals surface area contributed by atoms with Crippen molar-refractivity contribution in [1.82, 2.24) is 9.97 Å². The molecule has 2 aromatic rings. The Labute approximate surface area is 125 Å². The minimum absolute atomic E-state index is 0. The van der Waals surface area contributed by atoms with Crippen LogP contribution < -0.4 is 4.74 Å². The van der Waals surface area contributed by atoms with Crippen LogP contribution >= 0.6 is 0 Å². The largest absolute Gasteiger partial charge is 0.454 e. The number of nitrogens with zero attached hydrogens (tertiary/aromatic N) is 2. The molecule has 0 saturated carbocycles. The van der Waals surface area contributed by atoms with Crippen LogP contribution in [0.2, 0.25) is 0 Å². The van der Waals surface area contributed by atoms with Gasteiger partial charge in [0.15, 0.2) is 0 Å². The molecule has 14 heavy (non-hydrogen) atoms. The zero-order valence-corrected chi connectivity index (χ0v) is 11.0. The summed E-state index contributed by atoms with van der Waals surface area (Å²) >= 11 is 0. The first-order valence-corrected chi connectivity index (χ1v) is 3.93. The second-order valence-electron chi connectivity index (χ2n) is 2.48. The van der Waals surface area contributed by atoms with E-state index >= 15 is 0 Å². The van der Waals surface area contributed by atoms with Crippen LogP contribution in [-0.4, -0.2) is 61.4 Å². The second-order valence-corrected chi connectivity index (χ2v) is 2.48. The van der Waals surface area contributed by atoms with Gasteiger partial charge in [-0.3, -0.25) is 9.97 Å². The van der Waals surface area contributed by atoms with E-state index in [1.165, 1.54) is 0 Å². The normalized spacial score (nSPS) is 8.86. The number of ether oxygens (including phenoxy) is 1. The molecule has 3 nitrogen and oxygen atoms in total. The average molecular weight is 211 g/mol. The monoisotopic (exact) mass is 211 g/mol. The van der Waals surface area contributed by atoms with E-state index < -0.39 is 0 Å². The van der Waals surface area contributed by atoms with E-state index in [4.69, 9.17) is 4.74 Å². The molecule has 0 bridgehead atoms. The Balaban J connectivity index is 0.000000980. The predicted octanol–water partition coefficient (Wildman–Crippen LogP) is 1.89. The zero-order chi connectivity index (χ0) is 8.93. The van der Waals surface area contributed by atoms with Crippen LogP contribution in [0.1, 0.15) is 0 Å². The Hall–Kier alpha value is -0.264. The molecule has 0 fully saturated rings. The van der Waals surface area contributed by atoms with Crippen molar-refractivity contribution in [2.75, 3.05) is 0 Å². The fourth-order valence-corrected chi connectivity index (χ4v) is 0.951.